The summed E-state index contributed by atoms with van der Waals surface area (Å²) in [5.74, 6) is 0.205. The van der Waals surface area contributed by atoms with Crippen molar-refractivity contribution in [1.29, 1.82) is 0 Å². The number of nitrogens with one attached hydrogen (secondary N) is 2. The van der Waals surface area contributed by atoms with E-state index in [4.69, 9.17) is 16.0 Å². The third-order valence-electron chi connectivity index (χ3n) is 3.68. The Bertz CT molecular complexity index is 712. The van der Waals surface area contributed by atoms with Crippen molar-refractivity contribution in [3.05, 3.63) is 47.4 Å². The summed E-state index contributed by atoms with van der Waals surface area (Å²) < 4.78 is 5.05. The summed E-state index contributed by atoms with van der Waals surface area (Å²) in [6.45, 7) is 2.03. The summed E-state index contributed by atoms with van der Waals surface area (Å²) >= 11 is 5.97. The summed E-state index contributed by atoms with van der Waals surface area (Å²) in [6, 6.07) is 8.11. The molecule has 1 aromatic heterocycles. The number of furan rings is 1. The van der Waals surface area contributed by atoms with E-state index in [-0.39, 0.29) is 17.6 Å². The van der Waals surface area contributed by atoms with Crippen LogP contribution in [0.15, 0.2) is 41.0 Å². The van der Waals surface area contributed by atoms with Crippen LogP contribution in [-0.2, 0) is 4.79 Å². The maximum atomic E-state index is 12.1. The van der Waals surface area contributed by atoms with Crippen LogP contribution in [0.5, 0.6) is 0 Å². The summed E-state index contributed by atoms with van der Waals surface area (Å²) in [6.07, 6.45) is 2.32. The Balaban J connectivity index is 1.78. The van der Waals surface area contributed by atoms with E-state index in [1.807, 2.05) is 6.92 Å². The molecule has 0 saturated heterocycles. The summed E-state index contributed by atoms with van der Waals surface area (Å²) in [7, 11) is 0. The van der Waals surface area contributed by atoms with Gasteiger partial charge in [0.25, 0.3) is 5.91 Å². The maximum Gasteiger partial charge on any atom is 0.291 e. The fourth-order valence-electron chi connectivity index (χ4n) is 2.23. The molecule has 2 aromatic rings. The standard InChI is InChI=1S/C16H15ClN2O3/c1-9-7-11(9)15(20)18-12-5-4-10(17)8-13(12)19-16(21)14-3-2-6-22-14/h2-6,8-9,11H,7H2,1H3,(H,18,20)(H,19,21)/t9-,11-/m1/s1. The molecule has 0 spiro atoms. The van der Waals surface area contributed by atoms with Crippen LogP contribution in [0.1, 0.15) is 23.9 Å². The van der Waals surface area contributed by atoms with Gasteiger partial charge < -0.3 is 15.1 Å². The molecule has 1 aromatic carbocycles. The van der Waals surface area contributed by atoms with E-state index in [1.165, 1.54) is 6.26 Å². The average Bonchev–Trinajstić information content (AvgIpc) is 3.00. The molecule has 3 rings (SSSR count). The van der Waals surface area contributed by atoms with Crippen LogP contribution in [0, 0.1) is 11.8 Å². The first-order chi connectivity index (χ1) is 10.5. The minimum absolute atomic E-state index is 0.0386. The molecule has 1 aliphatic carbocycles. The molecule has 2 N–H and O–H groups in total. The lowest BCUT2D eigenvalue weighted by Gasteiger charge is -2.12. The van der Waals surface area contributed by atoms with Crippen molar-refractivity contribution in [3.8, 4) is 0 Å². The monoisotopic (exact) mass is 318 g/mol. The largest absolute Gasteiger partial charge is 0.459 e. The zero-order valence-electron chi connectivity index (χ0n) is 11.9. The van der Waals surface area contributed by atoms with Gasteiger partial charge in [-0.05, 0) is 42.7 Å². The van der Waals surface area contributed by atoms with Crippen molar-refractivity contribution in [2.75, 3.05) is 10.6 Å². The topological polar surface area (TPSA) is 71.3 Å². The average molecular weight is 319 g/mol. The van der Waals surface area contributed by atoms with Gasteiger partial charge in [0.05, 0.1) is 17.6 Å². The van der Waals surface area contributed by atoms with Crippen molar-refractivity contribution in [3.63, 3.8) is 0 Å². The molecule has 114 valence electrons. The third-order valence-corrected chi connectivity index (χ3v) is 3.91. The van der Waals surface area contributed by atoms with Crippen LogP contribution >= 0.6 is 11.6 Å². The third kappa shape index (κ3) is 3.14. The van der Waals surface area contributed by atoms with Crippen molar-refractivity contribution in [2.24, 2.45) is 11.8 Å². The van der Waals surface area contributed by atoms with Gasteiger partial charge in [-0.1, -0.05) is 18.5 Å². The number of halogens is 1. The highest BCUT2D eigenvalue weighted by molar-refractivity contribution is 6.31. The quantitative estimate of drug-likeness (QED) is 0.901. The van der Waals surface area contributed by atoms with Gasteiger partial charge >= 0.3 is 0 Å². The molecule has 6 heteroatoms. The number of anilines is 2. The number of carbonyl (C=O) groups excluding carboxylic acids is 2. The first-order valence-electron chi connectivity index (χ1n) is 7.00. The highest BCUT2D eigenvalue weighted by Gasteiger charge is 2.39. The van der Waals surface area contributed by atoms with Gasteiger partial charge in [0.2, 0.25) is 5.91 Å². The Morgan fingerprint density at radius 2 is 2.00 bits per heavy atom. The van der Waals surface area contributed by atoms with Crippen molar-refractivity contribution < 1.29 is 14.0 Å². The number of hydrogen-bond donors (Lipinski definition) is 2. The van der Waals surface area contributed by atoms with E-state index in [0.29, 0.717) is 22.3 Å². The Labute approximate surface area is 132 Å². The molecule has 2 amide bonds. The molecular formula is C16H15ClN2O3. The fourth-order valence-corrected chi connectivity index (χ4v) is 2.41. The van der Waals surface area contributed by atoms with Gasteiger partial charge in [-0.25, -0.2) is 0 Å². The molecule has 5 nitrogen and oxygen atoms in total. The minimum Gasteiger partial charge on any atom is -0.459 e. The predicted molar refractivity (Wildman–Crippen MR) is 84.0 cm³/mol. The maximum absolute atomic E-state index is 12.1. The highest BCUT2D eigenvalue weighted by Crippen LogP contribution is 2.39. The van der Waals surface area contributed by atoms with Crippen LogP contribution in [0.4, 0.5) is 11.4 Å². The molecule has 0 unspecified atom stereocenters. The van der Waals surface area contributed by atoms with Gasteiger partial charge in [0.15, 0.2) is 5.76 Å². The van der Waals surface area contributed by atoms with Crippen LogP contribution in [0.2, 0.25) is 5.02 Å². The van der Waals surface area contributed by atoms with E-state index >= 15 is 0 Å². The van der Waals surface area contributed by atoms with Crippen LogP contribution < -0.4 is 10.6 Å². The molecule has 0 bridgehead atoms. The Kier molecular flexibility index (Phi) is 3.90. The minimum atomic E-state index is -0.400. The first kappa shape index (κ1) is 14.7. The highest BCUT2D eigenvalue weighted by atomic mass is 35.5. The van der Waals surface area contributed by atoms with E-state index in [9.17, 15) is 9.59 Å². The second-order valence-electron chi connectivity index (χ2n) is 5.43. The summed E-state index contributed by atoms with van der Waals surface area (Å²) in [5, 5.41) is 6.00. The summed E-state index contributed by atoms with van der Waals surface area (Å²) in [5.41, 5.74) is 0.962. The lowest BCUT2D eigenvalue weighted by atomic mass is 10.2. The van der Waals surface area contributed by atoms with Gasteiger partial charge in [-0.15, -0.1) is 0 Å². The van der Waals surface area contributed by atoms with Crippen molar-refractivity contribution in [2.45, 2.75) is 13.3 Å². The number of amides is 2. The van der Waals surface area contributed by atoms with Gasteiger partial charge in [0, 0.05) is 10.9 Å². The Morgan fingerprint density at radius 1 is 1.23 bits per heavy atom. The molecule has 22 heavy (non-hydrogen) atoms. The predicted octanol–water partition coefficient (Wildman–Crippen LogP) is 3.78. The fraction of sp³-hybridized carbons (Fsp3) is 0.250. The molecule has 1 saturated carbocycles. The van der Waals surface area contributed by atoms with Crippen molar-refractivity contribution >= 4 is 34.8 Å². The van der Waals surface area contributed by atoms with Crippen LogP contribution in [0.25, 0.3) is 0 Å². The first-order valence-corrected chi connectivity index (χ1v) is 7.37. The number of rotatable bonds is 4. The Morgan fingerprint density at radius 3 is 2.64 bits per heavy atom. The van der Waals surface area contributed by atoms with Crippen molar-refractivity contribution in [1.82, 2.24) is 0 Å². The van der Waals surface area contributed by atoms with E-state index < -0.39 is 5.91 Å². The molecule has 1 fully saturated rings. The number of carbonyl (C=O) groups is 2. The molecule has 2 atom stereocenters. The van der Waals surface area contributed by atoms with Gasteiger partial charge in [-0.3, -0.25) is 9.59 Å². The Hall–Kier alpha value is -2.27. The number of benzene rings is 1. The van der Waals surface area contributed by atoms with Crippen LogP contribution in [0.3, 0.4) is 0 Å². The summed E-state index contributed by atoms with van der Waals surface area (Å²) in [4.78, 5) is 24.1. The lowest BCUT2D eigenvalue weighted by Crippen LogP contribution is -2.18. The van der Waals surface area contributed by atoms with Gasteiger partial charge in [-0.2, -0.15) is 0 Å². The molecule has 1 heterocycles. The zero-order valence-corrected chi connectivity index (χ0v) is 12.7. The normalized spacial score (nSPS) is 19.5. The number of hydrogen-bond acceptors (Lipinski definition) is 3. The smallest absolute Gasteiger partial charge is 0.291 e. The zero-order chi connectivity index (χ0) is 15.7. The van der Waals surface area contributed by atoms with Gasteiger partial charge in [0.1, 0.15) is 0 Å². The van der Waals surface area contributed by atoms with E-state index in [0.717, 1.165) is 6.42 Å². The van der Waals surface area contributed by atoms with E-state index in [2.05, 4.69) is 10.6 Å². The SMILES string of the molecule is C[C@@H]1C[C@H]1C(=O)Nc1ccc(Cl)cc1NC(=O)c1ccco1. The second kappa shape index (κ2) is 5.85. The second-order valence-corrected chi connectivity index (χ2v) is 5.87. The van der Waals surface area contributed by atoms with Crippen LogP contribution in [-0.4, -0.2) is 11.8 Å². The molecular weight excluding hydrogens is 304 g/mol. The lowest BCUT2D eigenvalue weighted by molar-refractivity contribution is -0.117. The van der Waals surface area contributed by atoms with E-state index in [1.54, 1.807) is 30.3 Å². The molecule has 1 aliphatic rings. The molecule has 0 radical (unpaired) electrons. The molecule has 0 aliphatic heterocycles.